The van der Waals surface area contributed by atoms with Crippen LogP contribution in [0.4, 0.5) is 4.79 Å². The lowest BCUT2D eigenvalue weighted by Gasteiger charge is -2.40. The molecule has 2 aromatic carbocycles. The lowest BCUT2D eigenvalue weighted by Crippen LogP contribution is -2.58. The summed E-state index contributed by atoms with van der Waals surface area (Å²) in [6, 6.07) is 12.5. The number of benzene rings is 2. The fourth-order valence-corrected chi connectivity index (χ4v) is 4.97. The van der Waals surface area contributed by atoms with E-state index in [2.05, 4.69) is 46.4 Å². The number of rotatable bonds is 1. The second-order valence-electron chi connectivity index (χ2n) is 9.40. The van der Waals surface area contributed by atoms with Crippen molar-refractivity contribution in [3.05, 3.63) is 47.5 Å². The van der Waals surface area contributed by atoms with Crippen LogP contribution in [-0.4, -0.2) is 35.5 Å². The van der Waals surface area contributed by atoms with Crippen molar-refractivity contribution in [2.75, 3.05) is 7.05 Å². The van der Waals surface area contributed by atoms with Crippen LogP contribution in [-0.2, 0) is 15.1 Å². The third kappa shape index (κ3) is 4.57. The van der Waals surface area contributed by atoms with Crippen molar-refractivity contribution in [1.29, 1.82) is 0 Å². The number of hydrogen-bond donors (Lipinski definition) is 1. The molecule has 0 radical (unpaired) electrons. The van der Waals surface area contributed by atoms with E-state index in [1.807, 2.05) is 26.0 Å². The van der Waals surface area contributed by atoms with Crippen LogP contribution in [0.2, 0.25) is 0 Å². The van der Waals surface area contributed by atoms with Crippen LogP contribution in [0.15, 0.2) is 41.4 Å². The summed E-state index contributed by atoms with van der Waals surface area (Å²) in [6.07, 6.45) is -0.505. The van der Waals surface area contributed by atoms with Crippen molar-refractivity contribution < 1.29 is 14.3 Å². The predicted octanol–water partition coefficient (Wildman–Crippen LogP) is 5.38. The second kappa shape index (κ2) is 8.20. The topological polar surface area (TPSA) is 71.0 Å². The quantitative estimate of drug-likeness (QED) is 0.494. The Labute approximate surface area is 197 Å². The van der Waals surface area contributed by atoms with Crippen molar-refractivity contribution >= 4 is 49.5 Å². The van der Waals surface area contributed by atoms with E-state index in [9.17, 15) is 9.59 Å². The molecule has 2 heterocycles. The van der Waals surface area contributed by atoms with Gasteiger partial charge in [0.05, 0.1) is 12.0 Å². The van der Waals surface area contributed by atoms with E-state index in [0.29, 0.717) is 0 Å². The minimum absolute atomic E-state index is 0.130. The van der Waals surface area contributed by atoms with Crippen LogP contribution in [0.1, 0.15) is 52.2 Å². The molecule has 0 unspecified atom stereocenters. The Hall–Kier alpha value is -3.37. The average Bonchev–Trinajstić information content (AvgIpc) is 3.08. The number of amides is 2. The zero-order valence-corrected chi connectivity index (χ0v) is 20.5. The molecule has 1 aliphatic rings. The van der Waals surface area contributed by atoms with Crippen LogP contribution >= 0.6 is 11.3 Å². The van der Waals surface area contributed by atoms with Gasteiger partial charge in [-0.3, -0.25) is 9.69 Å². The zero-order chi connectivity index (χ0) is 24.0. The van der Waals surface area contributed by atoms with Gasteiger partial charge >= 0.3 is 6.09 Å². The van der Waals surface area contributed by atoms with Gasteiger partial charge in [0, 0.05) is 32.8 Å². The monoisotopic (exact) mass is 461 g/mol. The number of ether oxygens (including phenoxy) is 1. The molecule has 6 nitrogen and oxygen atoms in total. The number of fused-ring (bicyclic) bond motifs is 3. The predicted molar refractivity (Wildman–Crippen MR) is 133 cm³/mol. The number of carbonyl (C=O) groups is 2. The van der Waals surface area contributed by atoms with Gasteiger partial charge in [-0.05, 0) is 70.5 Å². The van der Waals surface area contributed by atoms with Gasteiger partial charge in [-0.15, -0.1) is 22.2 Å². The van der Waals surface area contributed by atoms with Crippen LogP contribution < -0.4 is 5.32 Å². The maximum atomic E-state index is 12.8. The van der Waals surface area contributed by atoms with Crippen LogP contribution in [0.25, 0.3) is 20.2 Å². The van der Waals surface area contributed by atoms with E-state index in [4.69, 9.17) is 4.74 Å². The summed E-state index contributed by atoms with van der Waals surface area (Å²) in [5.74, 6) is 6.12. The molecule has 1 N–H and O–H groups in total. The molecule has 1 aliphatic heterocycles. The molecule has 1 aromatic heterocycles. The van der Waals surface area contributed by atoms with Gasteiger partial charge in [0.1, 0.15) is 5.60 Å². The summed E-state index contributed by atoms with van der Waals surface area (Å²) in [5, 5.41) is 5.57. The summed E-state index contributed by atoms with van der Waals surface area (Å²) in [5.41, 5.74) is 0.516. The molecule has 33 heavy (non-hydrogen) atoms. The van der Waals surface area contributed by atoms with E-state index >= 15 is 0 Å². The molecule has 0 spiro atoms. The van der Waals surface area contributed by atoms with Crippen molar-refractivity contribution in [2.45, 2.75) is 52.2 Å². The Morgan fingerprint density at radius 1 is 1.18 bits per heavy atom. The molecular weight excluding hydrogens is 434 g/mol. The normalized spacial score (nSPS) is 20.0. The molecule has 1 fully saturated rings. The Morgan fingerprint density at radius 3 is 2.52 bits per heavy atom. The van der Waals surface area contributed by atoms with E-state index in [0.717, 1.165) is 21.9 Å². The van der Waals surface area contributed by atoms with E-state index < -0.39 is 17.2 Å². The highest BCUT2D eigenvalue weighted by Crippen LogP contribution is 2.38. The third-order valence-electron chi connectivity index (χ3n) is 5.55. The SMILES string of the molecule is CC#Cc1ccc2sc3ccc([C@]4(C)CC(=O)N(C)/C(=N/C(=O)OC(C)(C)C)N4)cc3c2c1. The van der Waals surface area contributed by atoms with E-state index in [1.54, 1.807) is 39.2 Å². The average molecular weight is 462 g/mol. The minimum atomic E-state index is -0.738. The molecule has 3 aromatic rings. The number of thiophene rings is 1. The number of carbonyl (C=O) groups excluding carboxylic acids is 2. The number of aliphatic imine (C=N–C) groups is 1. The van der Waals surface area contributed by atoms with Gasteiger partial charge < -0.3 is 10.1 Å². The summed E-state index contributed by atoms with van der Waals surface area (Å²) < 4.78 is 7.67. The van der Waals surface area contributed by atoms with Gasteiger partial charge in [-0.1, -0.05) is 12.0 Å². The minimum Gasteiger partial charge on any atom is -0.442 e. The maximum Gasteiger partial charge on any atom is 0.437 e. The van der Waals surface area contributed by atoms with Crippen molar-refractivity contribution in [1.82, 2.24) is 10.2 Å². The summed E-state index contributed by atoms with van der Waals surface area (Å²) in [4.78, 5) is 30.5. The lowest BCUT2D eigenvalue weighted by molar-refractivity contribution is -0.129. The molecule has 0 aliphatic carbocycles. The molecule has 0 saturated carbocycles. The lowest BCUT2D eigenvalue weighted by atomic mass is 9.86. The number of guanidine groups is 1. The molecule has 4 rings (SSSR count). The van der Waals surface area contributed by atoms with Crippen LogP contribution in [0, 0.1) is 11.8 Å². The Bertz CT molecular complexity index is 1370. The van der Waals surface area contributed by atoms with E-state index in [-0.39, 0.29) is 18.3 Å². The van der Waals surface area contributed by atoms with Crippen molar-refractivity contribution in [3.8, 4) is 11.8 Å². The highest BCUT2D eigenvalue weighted by atomic mass is 32.1. The number of hydrogen-bond acceptors (Lipinski definition) is 4. The van der Waals surface area contributed by atoms with Gasteiger partial charge in [-0.25, -0.2) is 4.79 Å². The van der Waals surface area contributed by atoms with Gasteiger partial charge in [0.15, 0.2) is 0 Å². The highest BCUT2D eigenvalue weighted by Gasteiger charge is 2.39. The molecule has 0 bridgehead atoms. The first kappa shape index (κ1) is 22.8. The molecular formula is C26H27N3O3S. The van der Waals surface area contributed by atoms with Gasteiger partial charge in [0.2, 0.25) is 11.9 Å². The Kier molecular flexibility index (Phi) is 5.67. The molecule has 1 saturated heterocycles. The molecule has 1 atom stereocenters. The molecule has 170 valence electrons. The molecule has 7 heteroatoms. The first-order valence-electron chi connectivity index (χ1n) is 10.7. The summed E-state index contributed by atoms with van der Waals surface area (Å²) >= 11 is 1.73. The standard InChI is InChI=1S/C26H27N3O3S/c1-7-8-16-9-11-20-18(13-16)19-14-17(10-12-21(19)33-20)26(5)15-22(30)29(6)23(28-26)27-24(31)32-25(2,3)4/h9-14H,15H2,1-6H3,(H,27,28,31)/t26-/m0/s1. The van der Waals surface area contributed by atoms with Crippen LogP contribution in [0.5, 0.6) is 0 Å². The van der Waals surface area contributed by atoms with Crippen molar-refractivity contribution in [2.24, 2.45) is 4.99 Å². The van der Waals surface area contributed by atoms with Gasteiger partial charge in [-0.2, -0.15) is 0 Å². The van der Waals surface area contributed by atoms with Crippen LogP contribution in [0.3, 0.4) is 0 Å². The van der Waals surface area contributed by atoms with E-state index in [1.165, 1.54) is 14.3 Å². The largest absolute Gasteiger partial charge is 0.442 e. The maximum absolute atomic E-state index is 12.8. The highest BCUT2D eigenvalue weighted by molar-refractivity contribution is 7.25. The Morgan fingerprint density at radius 2 is 1.85 bits per heavy atom. The molecule has 2 amide bonds. The van der Waals surface area contributed by atoms with Gasteiger partial charge in [0.25, 0.3) is 0 Å². The summed E-state index contributed by atoms with van der Waals surface area (Å²) in [6.45, 7) is 9.10. The fraction of sp³-hybridized carbons (Fsp3) is 0.346. The summed E-state index contributed by atoms with van der Waals surface area (Å²) in [7, 11) is 1.60. The second-order valence-corrected chi connectivity index (χ2v) is 10.5. The Balaban J connectivity index is 1.76. The smallest absolute Gasteiger partial charge is 0.437 e. The third-order valence-corrected chi connectivity index (χ3v) is 6.70. The first-order chi connectivity index (χ1) is 15.5. The zero-order valence-electron chi connectivity index (χ0n) is 19.7. The van der Waals surface area contributed by atoms with Crippen molar-refractivity contribution in [3.63, 3.8) is 0 Å². The number of nitrogens with one attached hydrogen (secondary N) is 1. The fourth-order valence-electron chi connectivity index (χ4n) is 3.91. The first-order valence-corrected chi connectivity index (χ1v) is 11.6. The number of nitrogens with zero attached hydrogens (tertiary/aromatic N) is 2.